The molecule has 1 aliphatic heterocycles. The molecule has 0 spiro atoms. The van der Waals surface area contributed by atoms with Crippen molar-refractivity contribution in [2.75, 3.05) is 30.4 Å². The number of carbonyl (C=O) groups is 3. The quantitative estimate of drug-likeness (QED) is 0.753. The van der Waals surface area contributed by atoms with Crippen molar-refractivity contribution >= 4 is 40.7 Å². The van der Waals surface area contributed by atoms with Crippen LogP contribution in [0.15, 0.2) is 42.5 Å². The third-order valence-corrected chi connectivity index (χ3v) is 4.80. The highest BCUT2D eigenvalue weighted by atomic mass is 35.5. The summed E-state index contributed by atoms with van der Waals surface area (Å²) < 4.78 is 18.2. The third-order valence-electron chi connectivity index (χ3n) is 4.51. The molecule has 1 atom stereocenters. The topological polar surface area (TPSA) is 87.7 Å². The maximum absolute atomic E-state index is 13.1. The molecule has 7 nitrogen and oxygen atoms in total. The van der Waals surface area contributed by atoms with Crippen LogP contribution >= 0.6 is 11.6 Å². The van der Waals surface area contributed by atoms with E-state index in [0.717, 1.165) is 6.07 Å². The monoisotopic (exact) mass is 419 g/mol. The van der Waals surface area contributed by atoms with Crippen LogP contribution < -0.4 is 20.3 Å². The van der Waals surface area contributed by atoms with E-state index in [1.165, 1.54) is 17.0 Å². The van der Waals surface area contributed by atoms with Crippen LogP contribution in [0, 0.1) is 11.7 Å². The zero-order valence-electron chi connectivity index (χ0n) is 15.6. The molecule has 2 aromatic rings. The number of hydrogen-bond donors (Lipinski definition) is 2. The van der Waals surface area contributed by atoms with Crippen LogP contribution in [0.3, 0.4) is 0 Å². The molecule has 29 heavy (non-hydrogen) atoms. The lowest BCUT2D eigenvalue weighted by atomic mass is 10.1. The van der Waals surface area contributed by atoms with Crippen molar-refractivity contribution in [3.63, 3.8) is 0 Å². The van der Waals surface area contributed by atoms with Gasteiger partial charge in [-0.3, -0.25) is 14.4 Å². The number of methoxy groups -OCH3 is 1. The minimum absolute atomic E-state index is 0.0626. The number of nitrogens with zero attached hydrogens (tertiary/aromatic N) is 1. The molecular weight excluding hydrogens is 401 g/mol. The molecule has 0 bridgehead atoms. The van der Waals surface area contributed by atoms with E-state index in [2.05, 4.69) is 10.6 Å². The summed E-state index contributed by atoms with van der Waals surface area (Å²) in [5, 5.41) is 4.92. The van der Waals surface area contributed by atoms with Crippen molar-refractivity contribution in [2.45, 2.75) is 6.42 Å². The number of amides is 3. The number of carbonyl (C=O) groups excluding carboxylic acids is 3. The van der Waals surface area contributed by atoms with Crippen molar-refractivity contribution in [2.24, 2.45) is 5.92 Å². The molecule has 1 aliphatic rings. The fourth-order valence-electron chi connectivity index (χ4n) is 2.99. The summed E-state index contributed by atoms with van der Waals surface area (Å²) in [6.07, 6.45) is 0.0626. The summed E-state index contributed by atoms with van der Waals surface area (Å²) in [5.74, 6) is -1.52. The lowest BCUT2D eigenvalue weighted by molar-refractivity contribution is -0.127. The first-order chi connectivity index (χ1) is 13.9. The second-order valence-electron chi connectivity index (χ2n) is 6.50. The van der Waals surface area contributed by atoms with Gasteiger partial charge in [0.25, 0.3) is 0 Å². The van der Waals surface area contributed by atoms with Crippen LogP contribution in [0.5, 0.6) is 5.75 Å². The predicted octanol–water partition coefficient (Wildman–Crippen LogP) is 2.60. The fraction of sp³-hybridized carbons (Fsp3) is 0.250. The molecule has 0 saturated carbocycles. The molecule has 0 radical (unpaired) electrons. The number of anilines is 2. The van der Waals surface area contributed by atoms with Gasteiger partial charge in [-0.05, 0) is 42.5 Å². The summed E-state index contributed by atoms with van der Waals surface area (Å²) in [6, 6.07) is 10.7. The van der Waals surface area contributed by atoms with Crippen molar-refractivity contribution < 1.29 is 23.5 Å². The molecule has 2 aromatic carbocycles. The maximum Gasteiger partial charge on any atom is 0.243 e. The number of nitrogens with one attached hydrogen (secondary N) is 2. The smallest absolute Gasteiger partial charge is 0.243 e. The molecule has 1 saturated heterocycles. The van der Waals surface area contributed by atoms with Crippen molar-refractivity contribution in [1.29, 1.82) is 0 Å². The Morgan fingerprint density at radius 2 is 1.97 bits per heavy atom. The average Bonchev–Trinajstić information content (AvgIpc) is 3.11. The number of halogens is 2. The van der Waals surface area contributed by atoms with Gasteiger partial charge in [0.15, 0.2) is 0 Å². The lowest BCUT2D eigenvalue weighted by Gasteiger charge is -2.17. The molecular formula is C20H19ClFN3O4. The summed E-state index contributed by atoms with van der Waals surface area (Å²) in [4.78, 5) is 38.2. The normalized spacial score (nSPS) is 15.9. The molecule has 152 valence electrons. The minimum atomic E-state index is -0.592. The summed E-state index contributed by atoms with van der Waals surface area (Å²) in [6.45, 7) is -0.0484. The minimum Gasteiger partial charge on any atom is -0.497 e. The first kappa shape index (κ1) is 20.6. The van der Waals surface area contributed by atoms with Crippen LogP contribution in [-0.4, -0.2) is 37.9 Å². The largest absolute Gasteiger partial charge is 0.497 e. The Morgan fingerprint density at radius 3 is 2.62 bits per heavy atom. The number of ether oxygens (including phenoxy) is 1. The zero-order chi connectivity index (χ0) is 21.0. The standard InChI is InChI=1S/C20H19ClFN3O4/c1-29-15-5-3-14(4-6-15)25-11-12(8-19(25)27)20(28)23-10-18(26)24-13-2-7-17(22)16(21)9-13/h2-7,9,12H,8,10-11H2,1H3,(H,23,28)(H,24,26). The van der Waals surface area contributed by atoms with Gasteiger partial charge in [0.2, 0.25) is 17.7 Å². The van der Waals surface area contributed by atoms with Gasteiger partial charge in [-0.2, -0.15) is 0 Å². The number of hydrogen-bond acceptors (Lipinski definition) is 4. The Labute approximate surface area is 171 Å². The van der Waals surface area contributed by atoms with Gasteiger partial charge >= 0.3 is 0 Å². The van der Waals surface area contributed by atoms with Gasteiger partial charge in [0.1, 0.15) is 11.6 Å². The fourth-order valence-corrected chi connectivity index (χ4v) is 3.17. The highest BCUT2D eigenvalue weighted by Gasteiger charge is 2.35. The van der Waals surface area contributed by atoms with E-state index in [1.54, 1.807) is 31.4 Å². The van der Waals surface area contributed by atoms with Crippen molar-refractivity contribution in [1.82, 2.24) is 5.32 Å². The molecule has 3 amide bonds. The Morgan fingerprint density at radius 1 is 1.24 bits per heavy atom. The molecule has 1 heterocycles. The Kier molecular flexibility index (Phi) is 6.33. The van der Waals surface area contributed by atoms with E-state index in [-0.39, 0.29) is 36.3 Å². The highest BCUT2D eigenvalue weighted by molar-refractivity contribution is 6.31. The van der Waals surface area contributed by atoms with Crippen LogP contribution in [0.25, 0.3) is 0 Å². The van der Waals surface area contributed by atoms with Gasteiger partial charge in [-0.25, -0.2) is 4.39 Å². The van der Waals surface area contributed by atoms with E-state index in [0.29, 0.717) is 17.1 Å². The van der Waals surface area contributed by atoms with Crippen LogP contribution in [0.2, 0.25) is 5.02 Å². The summed E-state index contributed by atoms with van der Waals surface area (Å²) in [7, 11) is 1.55. The Bertz CT molecular complexity index is 936. The van der Waals surface area contributed by atoms with Gasteiger partial charge < -0.3 is 20.3 Å². The Hall–Kier alpha value is -3.13. The Balaban J connectivity index is 1.52. The van der Waals surface area contributed by atoms with Crippen LogP contribution in [-0.2, 0) is 14.4 Å². The summed E-state index contributed by atoms with van der Waals surface area (Å²) in [5.41, 5.74) is 0.995. The predicted molar refractivity (Wildman–Crippen MR) is 107 cm³/mol. The molecule has 0 aromatic heterocycles. The number of rotatable bonds is 6. The van der Waals surface area contributed by atoms with Crippen molar-refractivity contribution in [3.05, 3.63) is 53.3 Å². The van der Waals surface area contributed by atoms with Crippen LogP contribution in [0.1, 0.15) is 6.42 Å². The SMILES string of the molecule is COc1ccc(N2CC(C(=O)NCC(=O)Nc3ccc(F)c(Cl)c3)CC2=O)cc1. The van der Waals surface area contributed by atoms with Gasteiger partial charge in [-0.1, -0.05) is 11.6 Å². The van der Waals surface area contributed by atoms with E-state index < -0.39 is 17.6 Å². The number of benzene rings is 2. The van der Waals surface area contributed by atoms with E-state index in [9.17, 15) is 18.8 Å². The molecule has 2 N–H and O–H groups in total. The highest BCUT2D eigenvalue weighted by Crippen LogP contribution is 2.27. The molecule has 1 fully saturated rings. The van der Waals surface area contributed by atoms with Crippen LogP contribution in [0.4, 0.5) is 15.8 Å². The maximum atomic E-state index is 13.1. The molecule has 0 aliphatic carbocycles. The van der Waals surface area contributed by atoms with Crippen molar-refractivity contribution in [3.8, 4) is 5.75 Å². The van der Waals surface area contributed by atoms with E-state index in [1.807, 2.05) is 0 Å². The molecule has 1 unspecified atom stereocenters. The third kappa shape index (κ3) is 5.03. The van der Waals surface area contributed by atoms with Gasteiger partial charge in [0, 0.05) is 24.3 Å². The first-order valence-electron chi connectivity index (χ1n) is 8.84. The second-order valence-corrected chi connectivity index (χ2v) is 6.91. The van der Waals surface area contributed by atoms with E-state index in [4.69, 9.17) is 16.3 Å². The second kappa shape index (κ2) is 8.91. The van der Waals surface area contributed by atoms with Gasteiger partial charge in [-0.15, -0.1) is 0 Å². The first-order valence-corrected chi connectivity index (χ1v) is 9.22. The van der Waals surface area contributed by atoms with E-state index >= 15 is 0 Å². The molecule has 3 rings (SSSR count). The van der Waals surface area contributed by atoms with Gasteiger partial charge in [0.05, 0.1) is 24.6 Å². The molecule has 9 heteroatoms. The lowest BCUT2D eigenvalue weighted by Crippen LogP contribution is -2.37. The summed E-state index contributed by atoms with van der Waals surface area (Å²) >= 11 is 5.67. The zero-order valence-corrected chi connectivity index (χ0v) is 16.3. The average molecular weight is 420 g/mol.